The third-order valence-corrected chi connectivity index (χ3v) is 5.69. The summed E-state index contributed by atoms with van der Waals surface area (Å²) >= 11 is 0. The first-order valence-electron chi connectivity index (χ1n) is 7.28. The average molecular weight is 311 g/mol. The normalized spacial score (nSPS) is 22.9. The molecular formula is C15H21NO4S. The molecule has 5 nitrogen and oxygen atoms in total. The summed E-state index contributed by atoms with van der Waals surface area (Å²) in [5.41, 5.74) is 0.0809. The number of aromatic carboxylic acids is 1. The molecule has 1 fully saturated rings. The van der Waals surface area contributed by atoms with Crippen LogP contribution in [0.5, 0.6) is 0 Å². The standard InChI is InChI=1S/C15H21NO4S/c1-2-11-3-7-13(8-4-11)16-21(19,20)14-9-5-12(6-10-14)15(17)18/h5-6,9-11,13,16H,2-4,7-8H2,1H3,(H,17,18). The molecule has 2 N–H and O–H groups in total. The summed E-state index contributed by atoms with van der Waals surface area (Å²) in [6.07, 6.45) is 5.00. The molecule has 2 rings (SSSR count). The summed E-state index contributed by atoms with van der Waals surface area (Å²) in [5, 5.41) is 8.82. The number of carbonyl (C=O) groups is 1. The molecule has 0 heterocycles. The Morgan fingerprint density at radius 2 is 1.76 bits per heavy atom. The molecule has 1 aliphatic carbocycles. The predicted octanol–water partition coefficient (Wildman–Crippen LogP) is 2.63. The third kappa shape index (κ3) is 4.04. The lowest BCUT2D eigenvalue weighted by atomic mass is 9.85. The van der Waals surface area contributed by atoms with Gasteiger partial charge in [0.1, 0.15) is 0 Å². The van der Waals surface area contributed by atoms with Crippen molar-refractivity contribution in [3.05, 3.63) is 29.8 Å². The summed E-state index contributed by atoms with van der Waals surface area (Å²) in [6, 6.07) is 5.28. The van der Waals surface area contributed by atoms with Crippen molar-refractivity contribution in [3.8, 4) is 0 Å². The Hall–Kier alpha value is -1.40. The largest absolute Gasteiger partial charge is 0.478 e. The molecule has 116 valence electrons. The Bertz CT molecular complexity index is 587. The molecule has 21 heavy (non-hydrogen) atoms. The Kier molecular flexibility index (Phi) is 5.00. The van der Waals surface area contributed by atoms with Gasteiger partial charge in [-0.1, -0.05) is 13.3 Å². The van der Waals surface area contributed by atoms with Crippen molar-refractivity contribution in [2.75, 3.05) is 0 Å². The molecule has 0 saturated heterocycles. The Balaban J connectivity index is 2.03. The summed E-state index contributed by atoms with van der Waals surface area (Å²) in [4.78, 5) is 10.9. The van der Waals surface area contributed by atoms with E-state index in [9.17, 15) is 13.2 Å². The molecule has 1 aromatic carbocycles. The lowest BCUT2D eigenvalue weighted by molar-refractivity contribution is 0.0696. The van der Waals surface area contributed by atoms with E-state index in [-0.39, 0.29) is 16.5 Å². The van der Waals surface area contributed by atoms with Gasteiger partial charge >= 0.3 is 5.97 Å². The zero-order chi connectivity index (χ0) is 15.5. The monoisotopic (exact) mass is 311 g/mol. The highest BCUT2D eigenvalue weighted by molar-refractivity contribution is 7.89. The fraction of sp³-hybridized carbons (Fsp3) is 0.533. The van der Waals surface area contributed by atoms with Crippen molar-refractivity contribution in [2.24, 2.45) is 5.92 Å². The number of hydrogen-bond acceptors (Lipinski definition) is 3. The number of benzene rings is 1. The molecule has 1 aromatic rings. The summed E-state index contributed by atoms with van der Waals surface area (Å²) < 4.78 is 27.3. The highest BCUT2D eigenvalue weighted by Gasteiger charge is 2.25. The first-order valence-corrected chi connectivity index (χ1v) is 8.76. The van der Waals surface area contributed by atoms with Gasteiger partial charge in [0.05, 0.1) is 10.5 Å². The van der Waals surface area contributed by atoms with Crippen LogP contribution in [0.2, 0.25) is 0 Å². The molecule has 0 radical (unpaired) electrons. The first-order chi connectivity index (χ1) is 9.92. The molecule has 0 atom stereocenters. The van der Waals surface area contributed by atoms with Crippen LogP contribution in [0.4, 0.5) is 0 Å². The van der Waals surface area contributed by atoms with Crippen LogP contribution in [0.3, 0.4) is 0 Å². The van der Waals surface area contributed by atoms with Crippen molar-refractivity contribution in [1.82, 2.24) is 4.72 Å². The van der Waals surface area contributed by atoms with Crippen molar-refractivity contribution in [2.45, 2.75) is 50.0 Å². The number of sulfonamides is 1. The van der Waals surface area contributed by atoms with Gasteiger partial charge in [-0.2, -0.15) is 0 Å². The zero-order valence-corrected chi connectivity index (χ0v) is 12.9. The van der Waals surface area contributed by atoms with Crippen LogP contribution in [0.25, 0.3) is 0 Å². The number of rotatable bonds is 5. The molecule has 0 bridgehead atoms. The van der Waals surface area contributed by atoms with Gasteiger partial charge in [0.2, 0.25) is 10.0 Å². The smallest absolute Gasteiger partial charge is 0.335 e. The topological polar surface area (TPSA) is 83.5 Å². The van der Waals surface area contributed by atoms with Crippen molar-refractivity contribution in [1.29, 1.82) is 0 Å². The average Bonchev–Trinajstić information content (AvgIpc) is 2.48. The molecule has 0 aliphatic heterocycles. The maximum Gasteiger partial charge on any atom is 0.335 e. The lowest BCUT2D eigenvalue weighted by Crippen LogP contribution is -2.37. The van der Waals surface area contributed by atoms with E-state index in [1.54, 1.807) is 0 Å². The van der Waals surface area contributed by atoms with Crippen LogP contribution in [-0.2, 0) is 10.0 Å². The second-order valence-corrected chi connectivity index (χ2v) is 7.29. The van der Waals surface area contributed by atoms with Gasteiger partial charge in [-0.15, -0.1) is 0 Å². The second-order valence-electron chi connectivity index (χ2n) is 5.58. The molecular weight excluding hydrogens is 290 g/mol. The minimum Gasteiger partial charge on any atom is -0.478 e. The van der Waals surface area contributed by atoms with E-state index >= 15 is 0 Å². The molecule has 0 spiro atoms. The fourth-order valence-corrected chi connectivity index (χ4v) is 4.06. The number of carboxylic acids is 1. The van der Waals surface area contributed by atoms with Gasteiger partial charge in [-0.05, 0) is 55.9 Å². The van der Waals surface area contributed by atoms with Crippen LogP contribution in [0, 0.1) is 5.92 Å². The number of hydrogen-bond donors (Lipinski definition) is 2. The fourth-order valence-electron chi connectivity index (χ4n) is 2.75. The molecule has 6 heteroatoms. The van der Waals surface area contributed by atoms with Crippen molar-refractivity contribution in [3.63, 3.8) is 0 Å². The van der Waals surface area contributed by atoms with E-state index in [4.69, 9.17) is 5.11 Å². The SMILES string of the molecule is CCC1CCC(NS(=O)(=O)c2ccc(C(=O)O)cc2)CC1. The Labute approximate surface area is 125 Å². The van der Waals surface area contributed by atoms with Gasteiger partial charge in [0.15, 0.2) is 0 Å². The molecule has 0 aromatic heterocycles. The Morgan fingerprint density at radius 1 is 1.19 bits per heavy atom. The van der Waals surface area contributed by atoms with E-state index in [0.29, 0.717) is 5.92 Å². The summed E-state index contributed by atoms with van der Waals surface area (Å²) in [5.74, 6) is -0.356. The minimum absolute atomic E-state index is 0.0167. The predicted molar refractivity (Wildman–Crippen MR) is 79.8 cm³/mol. The second kappa shape index (κ2) is 6.58. The van der Waals surface area contributed by atoms with Gasteiger partial charge in [-0.25, -0.2) is 17.9 Å². The van der Waals surface area contributed by atoms with Gasteiger partial charge in [0, 0.05) is 6.04 Å². The number of carboxylic acid groups (broad SMARTS) is 1. The van der Waals surface area contributed by atoms with Crippen LogP contribution in [-0.4, -0.2) is 25.5 Å². The van der Waals surface area contributed by atoms with Gasteiger partial charge in [0.25, 0.3) is 0 Å². The number of nitrogens with one attached hydrogen (secondary N) is 1. The highest BCUT2D eigenvalue weighted by Crippen LogP contribution is 2.27. The summed E-state index contributed by atoms with van der Waals surface area (Å²) in [6.45, 7) is 2.17. The van der Waals surface area contributed by atoms with Crippen molar-refractivity contribution < 1.29 is 18.3 Å². The first kappa shape index (κ1) is 16.0. The van der Waals surface area contributed by atoms with Crippen molar-refractivity contribution >= 4 is 16.0 Å². The Morgan fingerprint density at radius 3 is 2.24 bits per heavy atom. The van der Waals surface area contributed by atoms with E-state index in [0.717, 1.165) is 32.1 Å². The minimum atomic E-state index is -3.57. The zero-order valence-electron chi connectivity index (χ0n) is 12.1. The van der Waals surface area contributed by atoms with Crippen LogP contribution in [0.1, 0.15) is 49.4 Å². The van der Waals surface area contributed by atoms with E-state index < -0.39 is 16.0 Å². The van der Waals surface area contributed by atoms with E-state index in [1.165, 1.54) is 24.3 Å². The quantitative estimate of drug-likeness (QED) is 0.875. The summed E-state index contributed by atoms with van der Waals surface area (Å²) in [7, 11) is -3.57. The van der Waals surface area contributed by atoms with Gasteiger partial charge < -0.3 is 5.11 Å². The molecule has 0 amide bonds. The van der Waals surface area contributed by atoms with Crippen LogP contribution >= 0.6 is 0 Å². The highest BCUT2D eigenvalue weighted by atomic mass is 32.2. The van der Waals surface area contributed by atoms with Crippen LogP contribution in [0.15, 0.2) is 29.2 Å². The maximum absolute atomic E-state index is 12.3. The maximum atomic E-state index is 12.3. The third-order valence-electron chi connectivity index (χ3n) is 4.16. The molecule has 1 saturated carbocycles. The van der Waals surface area contributed by atoms with E-state index in [1.807, 2.05) is 0 Å². The molecule has 0 unspecified atom stereocenters. The van der Waals surface area contributed by atoms with E-state index in [2.05, 4.69) is 11.6 Å². The van der Waals surface area contributed by atoms with Crippen LogP contribution < -0.4 is 4.72 Å². The molecule has 1 aliphatic rings. The van der Waals surface area contributed by atoms with Gasteiger partial charge in [-0.3, -0.25) is 0 Å². The lowest BCUT2D eigenvalue weighted by Gasteiger charge is -2.28.